The molecule has 0 amide bonds. The van der Waals surface area contributed by atoms with E-state index in [4.69, 9.17) is 9.47 Å². The number of nitrogens with one attached hydrogen (secondary N) is 1. The molecule has 10 nitrogen and oxygen atoms in total. The van der Waals surface area contributed by atoms with E-state index in [2.05, 4.69) is 29.8 Å². The fourth-order valence-electron chi connectivity index (χ4n) is 3.98. The van der Waals surface area contributed by atoms with Crippen LogP contribution in [0.2, 0.25) is 0 Å². The Hall–Kier alpha value is -3.31. The van der Waals surface area contributed by atoms with Gasteiger partial charge in [0.1, 0.15) is 17.7 Å². The first kappa shape index (κ1) is 21.5. The van der Waals surface area contributed by atoms with Crippen molar-refractivity contribution in [2.24, 2.45) is 0 Å². The zero-order valence-electron chi connectivity index (χ0n) is 18.2. The quantitative estimate of drug-likeness (QED) is 0.406. The van der Waals surface area contributed by atoms with Crippen molar-refractivity contribution >= 4 is 31.8 Å². The lowest BCUT2D eigenvalue weighted by molar-refractivity contribution is 0.246. The van der Waals surface area contributed by atoms with Gasteiger partial charge in [-0.3, -0.25) is 0 Å². The largest absolute Gasteiger partial charge is 0.493 e. The molecule has 0 unspecified atom stereocenters. The number of aromatic nitrogens is 5. The molecule has 0 spiro atoms. The van der Waals surface area contributed by atoms with Crippen LogP contribution < -0.4 is 9.47 Å². The zero-order chi connectivity index (χ0) is 22.8. The first-order chi connectivity index (χ1) is 16.0. The van der Waals surface area contributed by atoms with Crippen molar-refractivity contribution < 1.29 is 17.9 Å². The summed E-state index contributed by atoms with van der Waals surface area (Å²) >= 11 is 0. The number of ether oxygens (including phenoxy) is 2. The maximum absolute atomic E-state index is 11.5. The SMILES string of the molecule is COc1ncc2c(-c3ncnc4cc(OCCCN5CCS(=O)(=O)CC5)ccc34)c[nH]c2n1. The van der Waals surface area contributed by atoms with E-state index in [1.54, 1.807) is 6.20 Å². The summed E-state index contributed by atoms with van der Waals surface area (Å²) in [4.78, 5) is 22.8. The lowest BCUT2D eigenvalue weighted by atomic mass is 10.1. The maximum atomic E-state index is 11.5. The molecule has 4 aromatic rings. The van der Waals surface area contributed by atoms with Crippen LogP contribution >= 0.6 is 0 Å². The third-order valence-electron chi connectivity index (χ3n) is 5.78. The van der Waals surface area contributed by atoms with Crippen LogP contribution in [0.5, 0.6) is 11.8 Å². The number of sulfone groups is 1. The Balaban J connectivity index is 1.28. The molecule has 1 saturated heterocycles. The third kappa shape index (κ3) is 4.60. The van der Waals surface area contributed by atoms with Gasteiger partial charge in [-0.2, -0.15) is 4.98 Å². The third-order valence-corrected chi connectivity index (χ3v) is 7.39. The van der Waals surface area contributed by atoms with Gasteiger partial charge in [-0.05, 0) is 18.6 Å². The molecular weight excluding hydrogens is 444 g/mol. The average Bonchev–Trinajstić information content (AvgIpc) is 3.25. The van der Waals surface area contributed by atoms with Crippen molar-refractivity contribution in [1.29, 1.82) is 0 Å². The summed E-state index contributed by atoms with van der Waals surface area (Å²) in [6.45, 7) is 2.57. The maximum Gasteiger partial charge on any atom is 0.318 e. The number of aromatic amines is 1. The van der Waals surface area contributed by atoms with Crippen molar-refractivity contribution in [2.45, 2.75) is 6.42 Å². The summed E-state index contributed by atoms with van der Waals surface area (Å²) in [5.74, 6) is 1.23. The highest BCUT2D eigenvalue weighted by Crippen LogP contribution is 2.32. The van der Waals surface area contributed by atoms with E-state index in [1.165, 1.54) is 13.4 Å². The van der Waals surface area contributed by atoms with Crippen molar-refractivity contribution in [2.75, 3.05) is 44.9 Å². The Bertz CT molecular complexity index is 1390. The van der Waals surface area contributed by atoms with Gasteiger partial charge in [0.2, 0.25) is 0 Å². The smallest absolute Gasteiger partial charge is 0.318 e. The van der Waals surface area contributed by atoms with Gasteiger partial charge in [0, 0.05) is 54.4 Å². The number of benzene rings is 1. The summed E-state index contributed by atoms with van der Waals surface area (Å²) < 4.78 is 34.1. The topological polar surface area (TPSA) is 123 Å². The minimum atomic E-state index is -2.84. The number of fused-ring (bicyclic) bond motifs is 2. The van der Waals surface area contributed by atoms with Crippen molar-refractivity contribution in [3.8, 4) is 23.0 Å². The molecule has 5 rings (SSSR count). The lowest BCUT2D eigenvalue weighted by Gasteiger charge is -2.26. The van der Waals surface area contributed by atoms with Crippen LogP contribution in [-0.2, 0) is 9.84 Å². The molecule has 0 aliphatic carbocycles. The number of H-pyrrole nitrogens is 1. The van der Waals surface area contributed by atoms with Gasteiger partial charge in [-0.15, -0.1) is 0 Å². The summed E-state index contributed by atoms with van der Waals surface area (Å²) in [6.07, 6.45) is 5.94. The molecule has 1 fully saturated rings. The summed E-state index contributed by atoms with van der Waals surface area (Å²) in [6, 6.07) is 6.08. The molecule has 0 saturated carbocycles. The van der Waals surface area contributed by atoms with E-state index in [1.807, 2.05) is 24.4 Å². The number of nitrogens with zero attached hydrogens (tertiary/aromatic N) is 5. The van der Waals surface area contributed by atoms with E-state index >= 15 is 0 Å². The van der Waals surface area contributed by atoms with E-state index in [0.717, 1.165) is 46.3 Å². The normalized spacial score (nSPS) is 16.3. The predicted molar refractivity (Wildman–Crippen MR) is 124 cm³/mol. The van der Waals surface area contributed by atoms with Crippen LogP contribution in [0.3, 0.4) is 0 Å². The summed E-state index contributed by atoms with van der Waals surface area (Å²) in [7, 11) is -1.31. The van der Waals surface area contributed by atoms with Crippen LogP contribution in [0, 0.1) is 0 Å². The van der Waals surface area contributed by atoms with Crippen molar-refractivity contribution in [3.05, 3.63) is 36.9 Å². The fraction of sp³-hybridized carbons (Fsp3) is 0.364. The minimum Gasteiger partial charge on any atom is -0.493 e. The molecule has 0 bridgehead atoms. The van der Waals surface area contributed by atoms with Crippen LogP contribution in [0.1, 0.15) is 6.42 Å². The summed E-state index contributed by atoms with van der Waals surface area (Å²) in [5, 5.41) is 1.75. The second-order valence-electron chi connectivity index (χ2n) is 7.92. The van der Waals surface area contributed by atoms with Gasteiger partial charge in [-0.25, -0.2) is 23.4 Å². The Labute approximate surface area is 190 Å². The molecule has 0 atom stereocenters. The van der Waals surface area contributed by atoms with Gasteiger partial charge in [-0.1, -0.05) is 0 Å². The molecule has 172 valence electrons. The Kier molecular flexibility index (Phi) is 5.81. The van der Waals surface area contributed by atoms with Crippen LogP contribution in [0.25, 0.3) is 33.2 Å². The first-order valence-corrected chi connectivity index (χ1v) is 12.5. The number of hydrogen-bond acceptors (Lipinski definition) is 9. The highest BCUT2D eigenvalue weighted by molar-refractivity contribution is 7.91. The van der Waals surface area contributed by atoms with Crippen LogP contribution in [0.15, 0.2) is 36.9 Å². The molecule has 1 N–H and O–H groups in total. The molecule has 1 aromatic carbocycles. The Morgan fingerprint density at radius 2 is 1.97 bits per heavy atom. The molecular formula is C22H24N6O4S. The van der Waals surface area contributed by atoms with E-state index in [-0.39, 0.29) is 11.5 Å². The number of methoxy groups -OCH3 is 1. The van der Waals surface area contributed by atoms with Gasteiger partial charge in [0.25, 0.3) is 0 Å². The predicted octanol–water partition coefficient (Wildman–Crippen LogP) is 2.08. The first-order valence-electron chi connectivity index (χ1n) is 10.7. The van der Waals surface area contributed by atoms with Crippen LogP contribution in [0.4, 0.5) is 0 Å². The van der Waals surface area contributed by atoms with E-state index in [9.17, 15) is 8.42 Å². The Morgan fingerprint density at radius 1 is 1.12 bits per heavy atom. The molecule has 33 heavy (non-hydrogen) atoms. The zero-order valence-corrected chi connectivity index (χ0v) is 19.0. The monoisotopic (exact) mass is 468 g/mol. The molecule has 4 heterocycles. The van der Waals surface area contributed by atoms with Crippen molar-refractivity contribution in [3.63, 3.8) is 0 Å². The molecule has 1 aliphatic rings. The Morgan fingerprint density at radius 3 is 2.79 bits per heavy atom. The van der Waals surface area contributed by atoms with Gasteiger partial charge in [0.05, 0.1) is 36.4 Å². The second kappa shape index (κ2) is 8.91. The molecule has 3 aromatic heterocycles. The summed E-state index contributed by atoms with van der Waals surface area (Å²) in [5.41, 5.74) is 3.13. The second-order valence-corrected chi connectivity index (χ2v) is 10.2. The minimum absolute atomic E-state index is 0.247. The molecule has 0 radical (unpaired) electrons. The number of hydrogen-bond donors (Lipinski definition) is 1. The van der Waals surface area contributed by atoms with E-state index < -0.39 is 9.84 Å². The highest BCUT2D eigenvalue weighted by Gasteiger charge is 2.21. The lowest BCUT2D eigenvalue weighted by Crippen LogP contribution is -2.40. The van der Waals surface area contributed by atoms with Gasteiger partial charge < -0.3 is 19.4 Å². The van der Waals surface area contributed by atoms with Crippen molar-refractivity contribution in [1.82, 2.24) is 29.8 Å². The molecule has 11 heteroatoms. The highest BCUT2D eigenvalue weighted by atomic mass is 32.2. The standard InChI is InChI=1S/C22H24N6O4S/c1-31-22-24-13-18-17(12-23-21(18)27-22)20-16-4-3-15(11-19(16)25-14-26-20)32-8-2-5-28-6-9-33(29,30)10-7-28/h3-4,11-14H,2,5-10H2,1H3,(H,23,24,27). The van der Waals surface area contributed by atoms with Gasteiger partial charge in [0.15, 0.2) is 9.84 Å². The average molecular weight is 469 g/mol. The van der Waals surface area contributed by atoms with E-state index in [0.29, 0.717) is 31.4 Å². The van der Waals surface area contributed by atoms with Crippen LogP contribution in [-0.4, -0.2) is 83.1 Å². The fourth-order valence-corrected chi connectivity index (χ4v) is 5.26. The van der Waals surface area contributed by atoms with Gasteiger partial charge >= 0.3 is 6.01 Å². The number of rotatable bonds is 7. The molecule has 1 aliphatic heterocycles.